The second kappa shape index (κ2) is 2.70. The van der Waals surface area contributed by atoms with Gasteiger partial charge in [0, 0.05) is 0 Å². The van der Waals surface area contributed by atoms with E-state index in [1.54, 1.807) is 12.1 Å². The maximum atomic E-state index is 11.2. The zero-order valence-electron chi connectivity index (χ0n) is 6.27. The summed E-state index contributed by atoms with van der Waals surface area (Å²) in [4.78, 5) is 11.2. The SMILES string of the molecule is O=c1cnnc2cccccc1-2. The van der Waals surface area contributed by atoms with Crippen molar-refractivity contribution in [2.24, 2.45) is 0 Å². The molecule has 1 aliphatic heterocycles. The number of nitrogens with zero attached hydrogens (tertiary/aromatic N) is 2. The van der Waals surface area contributed by atoms with Crippen LogP contribution in [0, 0.1) is 0 Å². The second-order valence-corrected chi connectivity index (χ2v) is 2.42. The zero-order chi connectivity index (χ0) is 8.39. The van der Waals surface area contributed by atoms with Crippen LogP contribution >= 0.6 is 0 Å². The molecule has 0 saturated carbocycles. The summed E-state index contributed by atoms with van der Waals surface area (Å²) in [5.41, 5.74) is 1.15. The van der Waals surface area contributed by atoms with Gasteiger partial charge in [0.05, 0.1) is 17.5 Å². The Kier molecular flexibility index (Phi) is 1.55. The van der Waals surface area contributed by atoms with Gasteiger partial charge in [-0.15, -0.1) is 0 Å². The molecular formula is C9H6N2O. The van der Waals surface area contributed by atoms with Gasteiger partial charge < -0.3 is 0 Å². The van der Waals surface area contributed by atoms with Crippen LogP contribution in [0.25, 0.3) is 11.3 Å². The van der Waals surface area contributed by atoms with Crippen molar-refractivity contribution in [1.29, 1.82) is 0 Å². The van der Waals surface area contributed by atoms with E-state index in [0.29, 0.717) is 11.3 Å². The predicted octanol–water partition coefficient (Wildman–Crippen LogP) is 0.942. The van der Waals surface area contributed by atoms with Crippen LogP contribution < -0.4 is 5.43 Å². The highest BCUT2D eigenvalue weighted by Crippen LogP contribution is 2.09. The first-order valence-electron chi connectivity index (χ1n) is 3.59. The lowest BCUT2D eigenvalue weighted by molar-refractivity contribution is 1.02. The third kappa shape index (κ3) is 1.05. The fraction of sp³-hybridized carbons (Fsp3) is 0. The lowest BCUT2D eigenvalue weighted by Gasteiger charge is -1.93. The lowest BCUT2D eigenvalue weighted by atomic mass is 10.2. The molecule has 0 spiro atoms. The van der Waals surface area contributed by atoms with Crippen molar-refractivity contribution in [2.75, 3.05) is 0 Å². The molecule has 0 fully saturated rings. The topological polar surface area (TPSA) is 42.9 Å². The highest BCUT2D eigenvalue weighted by Gasteiger charge is 2.02. The van der Waals surface area contributed by atoms with E-state index in [1.807, 2.05) is 18.2 Å². The molecule has 0 aromatic rings. The molecule has 2 rings (SSSR count). The van der Waals surface area contributed by atoms with Gasteiger partial charge in [-0.05, 0) is 12.1 Å². The fourth-order valence-corrected chi connectivity index (χ4v) is 1.05. The fourth-order valence-electron chi connectivity index (χ4n) is 1.05. The number of fused-ring (bicyclic) bond motifs is 1. The van der Waals surface area contributed by atoms with Crippen LogP contribution in [0.4, 0.5) is 0 Å². The molecule has 1 aliphatic carbocycles. The number of aromatic nitrogens is 2. The molecule has 0 atom stereocenters. The van der Waals surface area contributed by atoms with Crippen LogP contribution in [0.1, 0.15) is 0 Å². The van der Waals surface area contributed by atoms with Crippen molar-refractivity contribution < 1.29 is 0 Å². The molecule has 0 amide bonds. The first-order valence-corrected chi connectivity index (χ1v) is 3.59. The van der Waals surface area contributed by atoms with Crippen LogP contribution in [0.5, 0.6) is 0 Å². The van der Waals surface area contributed by atoms with Crippen molar-refractivity contribution in [2.45, 2.75) is 0 Å². The second-order valence-electron chi connectivity index (χ2n) is 2.42. The summed E-state index contributed by atoms with van der Waals surface area (Å²) >= 11 is 0. The standard InChI is InChI=1S/C9H6N2O/c12-9-6-10-11-8-5-3-1-2-4-7(8)9/h1-6H. The first-order chi connectivity index (χ1) is 5.88. The van der Waals surface area contributed by atoms with Gasteiger partial charge in [0.2, 0.25) is 5.43 Å². The minimum absolute atomic E-state index is 0.0869. The smallest absolute Gasteiger partial charge is 0.208 e. The van der Waals surface area contributed by atoms with Crippen molar-refractivity contribution in [1.82, 2.24) is 10.2 Å². The average Bonchev–Trinajstić information content (AvgIpc) is 2.30. The Balaban J connectivity index is 2.88. The quantitative estimate of drug-likeness (QED) is 0.573. The maximum Gasteiger partial charge on any atom is 0.208 e. The largest absolute Gasteiger partial charge is 0.287 e. The first kappa shape index (κ1) is 6.91. The van der Waals surface area contributed by atoms with Gasteiger partial charge in [-0.2, -0.15) is 10.2 Å². The molecule has 0 aromatic carbocycles. The molecule has 3 heteroatoms. The molecule has 3 nitrogen and oxygen atoms in total. The van der Waals surface area contributed by atoms with E-state index in [1.165, 1.54) is 6.20 Å². The molecule has 12 heavy (non-hydrogen) atoms. The summed E-state index contributed by atoms with van der Waals surface area (Å²) in [6.07, 6.45) is 1.22. The summed E-state index contributed by atoms with van der Waals surface area (Å²) in [5.74, 6) is 0. The van der Waals surface area contributed by atoms with Crippen LogP contribution in [-0.4, -0.2) is 10.2 Å². The Morgan fingerprint density at radius 1 is 1.08 bits per heavy atom. The molecule has 0 bridgehead atoms. The van der Waals surface area contributed by atoms with E-state index in [9.17, 15) is 4.79 Å². The highest BCUT2D eigenvalue weighted by atomic mass is 16.1. The van der Waals surface area contributed by atoms with Crippen LogP contribution in [0.2, 0.25) is 0 Å². The van der Waals surface area contributed by atoms with E-state index in [4.69, 9.17) is 0 Å². The Morgan fingerprint density at radius 3 is 2.83 bits per heavy atom. The molecule has 2 aliphatic rings. The van der Waals surface area contributed by atoms with Crippen molar-refractivity contribution in [3.8, 4) is 11.3 Å². The van der Waals surface area contributed by atoms with E-state index in [-0.39, 0.29) is 5.43 Å². The van der Waals surface area contributed by atoms with Gasteiger partial charge in [-0.1, -0.05) is 18.2 Å². The van der Waals surface area contributed by atoms with Gasteiger partial charge in [0.25, 0.3) is 0 Å². The van der Waals surface area contributed by atoms with Gasteiger partial charge in [-0.25, -0.2) is 0 Å². The van der Waals surface area contributed by atoms with Crippen LogP contribution in [-0.2, 0) is 0 Å². The van der Waals surface area contributed by atoms with Gasteiger partial charge >= 0.3 is 0 Å². The zero-order valence-corrected chi connectivity index (χ0v) is 6.27. The minimum atomic E-state index is -0.0869. The van der Waals surface area contributed by atoms with Crippen LogP contribution in [0.15, 0.2) is 41.3 Å². The molecule has 0 radical (unpaired) electrons. The van der Waals surface area contributed by atoms with E-state index >= 15 is 0 Å². The maximum absolute atomic E-state index is 11.2. The van der Waals surface area contributed by atoms with Crippen molar-refractivity contribution >= 4 is 0 Å². The number of rotatable bonds is 0. The molecule has 1 heterocycles. The van der Waals surface area contributed by atoms with Crippen molar-refractivity contribution in [3.63, 3.8) is 0 Å². The van der Waals surface area contributed by atoms with Crippen molar-refractivity contribution in [3.05, 3.63) is 46.8 Å². The van der Waals surface area contributed by atoms with E-state index in [0.717, 1.165) is 0 Å². The van der Waals surface area contributed by atoms with Gasteiger partial charge in [0.15, 0.2) is 0 Å². The van der Waals surface area contributed by atoms with E-state index in [2.05, 4.69) is 10.2 Å². The normalized spacial score (nSPS) is 10.0. The predicted molar refractivity (Wildman–Crippen MR) is 44.9 cm³/mol. The Morgan fingerprint density at radius 2 is 1.92 bits per heavy atom. The van der Waals surface area contributed by atoms with Gasteiger partial charge in [0.1, 0.15) is 0 Å². The van der Waals surface area contributed by atoms with Gasteiger partial charge in [-0.3, -0.25) is 4.79 Å². The summed E-state index contributed by atoms with van der Waals surface area (Å²) in [5, 5.41) is 7.41. The molecule has 0 N–H and O–H groups in total. The molecule has 0 aromatic heterocycles. The Bertz CT molecular complexity index is 428. The summed E-state index contributed by atoms with van der Waals surface area (Å²) < 4.78 is 0. The molecule has 0 unspecified atom stereocenters. The molecular weight excluding hydrogens is 152 g/mol. The third-order valence-corrected chi connectivity index (χ3v) is 1.62. The summed E-state index contributed by atoms with van der Waals surface area (Å²) in [7, 11) is 0. The van der Waals surface area contributed by atoms with Crippen LogP contribution in [0.3, 0.4) is 0 Å². The summed E-state index contributed by atoms with van der Waals surface area (Å²) in [6, 6.07) is 9.00. The average molecular weight is 158 g/mol. The Hall–Kier alpha value is -1.77. The molecule has 58 valence electrons. The third-order valence-electron chi connectivity index (χ3n) is 1.62. The Labute approximate surface area is 69.0 Å². The molecule has 0 saturated heterocycles. The number of hydrogen-bond donors (Lipinski definition) is 0. The monoisotopic (exact) mass is 158 g/mol. The minimum Gasteiger partial charge on any atom is -0.287 e. The highest BCUT2D eigenvalue weighted by molar-refractivity contribution is 5.57. The lowest BCUT2D eigenvalue weighted by Crippen LogP contribution is -2.05. The number of hydrogen-bond acceptors (Lipinski definition) is 3. The van der Waals surface area contributed by atoms with E-state index < -0.39 is 0 Å². The summed E-state index contributed by atoms with van der Waals surface area (Å²) in [6.45, 7) is 0.